The second-order valence-electron chi connectivity index (χ2n) is 10.1. The zero-order valence-corrected chi connectivity index (χ0v) is 23.5. The van der Waals surface area contributed by atoms with Gasteiger partial charge in [0.05, 0.1) is 17.7 Å². The number of hydrogen-bond acceptors (Lipinski definition) is 5. The molecule has 0 aliphatic carbocycles. The van der Waals surface area contributed by atoms with Crippen LogP contribution in [0.15, 0.2) is 83.8 Å². The molecule has 0 aliphatic rings. The summed E-state index contributed by atoms with van der Waals surface area (Å²) in [7, 11) is -2.71. The fraction of sp³-hybridized carbons (Fsp3) is 0.310. The lowest BCUT2D eigenvalue weighted by Crippen LogP contribution is -2.54. The first-order valence-electron chi connectivity index (χ1n) is 12.4. The third kappa shape index (κ3) is 7.79. The standard InChI is InChI=1S/C29H34FN3O5S/c1-21(28(35)31-29(2,3)4)32(19-22-11-15-25(38-5)16-12-22)27(34)20-33(24-9-7-6-8-10-24)39(36,37)26-17-13-23(30)14-18-26/h6-18,21H,19-20H2,1-5H3,(H,31,35)/t21-/m0/s1. The van der Waals surface area contributed by atoms with Crippen LogP contribution in [0.25, 0.3) is 0 Å². The average Bonchev–Trinajstić information content (AvgIpc) is 2.90. The Balaban J connectivity index is 2.00. The van der Waals surface area contributed by atoms with Crippen molar-refractivity contribution in [1.82, 2.24) is 10.2 Å². The maximum absolute atomic E-state index is 13.9. The van der Waals surface area contributed by atoms with Crippen molar-refractivity contribution in [2.24, 2.45) is 0 Å². The SMILES string of the molecule is COc1ccc(CN(C(=O)CN(c2ccccc2)S(=O)(=O)c2ccc(F)cc2)[C@@H](C)C(=O)NC(C)(C)C)cc1. The van der Waals surface area contributed by atoms with E-state index in [4.69, 9.17) is 4.74 Å². The fourth-order valence-electron chi connectivity index (χ4n) is 3.84. The minimum atomic E-state index is -4.25. The number of hydrogen-bond donors (Lipinski definition) is 1. The Labute approximate surface area is 229 Å². The van der Waals surface area contributed by atoms with Gasteiger partial charge >= 0.3 is 0 Å². The van der Waals surface area contributed by atoms with Crippen LogP contribution in [0.3, 0.4) is 0 Å². The van der Waals surface area contributed by atoms with E-state index in [1.165, 1.54) is 4.90 Å². The molecule has 0 unspecified atom stereocenters. The Morgan fingerprint density at radius 3 is 2.08 bits per heavy atom. The fourth-order valence-corrected chi connectivity index (χ4v) is 5.26. The van der Waals surface area contributed by atoms with E-state index in [1.807, 2.05) is 20.8 Å². The first kappa shape index (κ1) is 29.6. The van der Waals surface area contributed by atoms with Gasteiger partial charge in [0, 0.05) is 12.1 Å². The number of anilines is 1. The van der Waals surface area contributed by atoms with Crippen molar-refractivity contribution in [2.75, 3.05) is 18.0 Å². The number of nitrogens with one attached hydrogen (secondary N) is 1. The van der Waals surface area contributed by atoms with Crippen molar-refractivity contribution >= 4 is 27.5 Å². The van der Waals surface area contributed by atoms with Crippen LogP contribution >= 0.6 is 0 Å². The minimum Gasteiger partial charge on any atom is -0.497 e. The van der Waals surface area contributed by atoms with Crippen molar-refractivity contribution in [3.8, 4) is 5.75 Å². The Kier molecular flexibility index (Phi) is 9.34. The van der Waals surface area contributed by atoms with Crippen LogP contribution in [0.1, 0.15) is 33.3 Å². The number of ether oxygens (including phenoxy) is 1. The smallest absolute Gasteiger partial charge is 0.264 e. The van der Waals surface area contributed by atoms with Gasteiger partial charge in [-0.05, 0) is 81.8 Å². The quantitative estimate of drug-likeness (QED) is 0.401. The number of para-hydroxylation sites is 1. The highest BCUT2D eigenvalue weighted by Crippen LogP contribution is 2.25. The van der Waals surface area contributed by atoms with Crippen LogP contribution in [0.4, 0.5) is 10.1 Å². The molecule has 1 N–H and O–H groups in total. The van der Waals surface area contributed by atoms with Gasteiger partial charge in [-0.2, -0.15) is 0 Å². The number of carbonyl (C=O) groups excluding carboxylic acids is 2. The summed E-state index contributed by atoms with van der Waals surface area (Å²) in [5.41, 5.74) is 0.445. The van der Waals surface area contributed by atoms with Crippen molar-refractivity contribution in [2.45, 2.75) is 50.7 Å². The van der Waals surface area contributed by atoms with Crippen molar-refractivity contribution in [3.63, 3.8) is 0 Å². The van der Waals surface area contributed by atoms with E-state index < -0.39 is 39.9 Å². The molecular weight excluding hydrogens is 521 g/mol. The second kappa shape index (κ2) is 12.3. The van der Waals surface area contributed by atoms with Gasteiger partial charge in [-0.3, -0.25) is 13.9 Å². The van der Waals surface area contributed by atoms with Crippen LogP contribution in [0.2, 0.25) is 0 Å². The van der Waals surface area contributed by atoms with Crippen molar-refractivity contribution in [3.05, 3.63) is 90.2 Å². The van der Waals surface area contributed by atoms with E-state index in [9.17, 15) is 22.4 Å². The lowest BCUT2D eigenvalue weighted by molar-refractivity contribution is -0.140. The first-order valence-corrected chi connectivity index (χ1v) is 13.8. The van der Waals surface area contributed by atoms with Gasteiger partial charge in [0.1, 0.15) is 24.2 Å². The van der Waals surface area contributed by atoms with Gasteiger partial charge in [0.25, 0.3) is 10.0 Å². The van der Waals surface area contributed by atoms with E-state index in [0.717, 1.165) is 34.1 Å². The molecule has 0 radical (unpaired) electrons. The third-order valence-electron chi connectivity index (χ3n) is 5.90. The molecule has 0 bridgehead atoms. The molecule has 0 aromatic heterocycles. The molecule has 10 heteroatoms. The van der Waals surface area contributed by atoms with Gasteiger partial charge < -0.3 is 15.0 Å². The molecule has 208 valence electrons. The molecule has 3 rings (SSSR count). The van der Waals surface area contributed by atoms with Crippen LogP contribution in [-0.4, -0.2) is 50.4 Å². The summed E-state index contributed by atoms with van der Waals surface area (Å²) in [6.45, 7) is 6.58. The average molecular weight is 556 g/mol. The lowest BCUT2D eigenvalue weighted by atomic mass is 10.1. The van der Waals surface area contributed by atoms with E-state index >= 15 is 0 Å². The van der Waals surface area contributed by atoms with Crippen LogP contribution in [0, 0.1) is 5.82 Å². The molecule has 8 nitrogen and oxygen atoms in total. The highest BCUT2D eigenvalue weighted by Gasteiger charge is 2.33. The van der Waals surface area contributed by atoms with Crippen molar-refractivity contribution in [1.29, 1.82) is 0 Å². The monoisotopic (exact) mass is 555 g/mol. The minimum absolute atomic E-state index is 0.0563. The van der Waals surface area contributed by atoms with E-state index in [1.54, 1.807) is 68.6 Å². The molecule has 1 atom stereocenters. The summed E-state index contributed by atoms with van der Waals surface area (Å²) in [4.78, 5) is 28.1. The molecule has 0 saturated heterocycles. The Morgan fingerprint density at radius 1 is 0.949 bits per heavy atom. The molecule has 2 amide bonds. The van der Waals surface area contributed by atoms with Gasteiger partial charge in [-0.1, -0.05) is 30.3 Å². The Morgan fingerprint density at radius 2 is 1.54 bits per heavy atom. The molecular formula is C29H34FN3O5S. The summed E-state index contributed by atoms with van der Waals surface area (Å²) < 4.78 is 47.0. The number of sulfonamides is 1. The third-order valence-corrected chi connectivity index (χ3v) is 7.69. The molecule has 0 spiro atoms. The van der Waals surface area contributed by atoms with Crippen LogP contribution < -0.4 is 14.4 Å². The number of rotatable bonds is 10. The lowest BCUT2D eigenvalue weighted by Gasteiger charge is -2.33. The molecule has 0 aliphatic heterocycles. The van der Waals surface area contributed by atoms with Gasteiger partial charge in [-0.25, -0.2) is 12.8 Å². The normalized spacial score (nSPS) is 12.4. The number of amides is 2. The van der Waals surface area contributed by atoms with Gasteiger partial charge in [0.15, 0.2) is 0 Å². The van der Waals surface area contributed by atoms with Gasteiger partial charge in [0.2, 0.25) is 11.8 Å². The summed E-state index contributed by atoms with van der Waals surface area (Å²) in [6, 6.07) is 18.7. The van der Waals surface area contributed by atoms with E-state index in [2.05, 4.69) is 5.32 Å². The Hall–Kier alpha value is -3.92. The zero-order valence-electron chi connectivity index (χ0n) is 22.7. The molecule has 0 heterocycles. The van der Waals surface area contributed by atoms with E-state index in [0.29, 0.717) is 5.75 Å². The summed E-state index contributed by atoms with van der Waals surface area (Å²) in [5.74, 6) is -0.912. The maximum Gasteiger partial charge on any atom is 0.264 e. The number of halogens is 1. The topological polar surface area (TPSA) is 96.0 Å². The van der Waals surface area contributed by atoms with Gasteiger partial charge in [-0.15, -0.1) is 0 Å². The molecule has 0 fully saturated rings. The molecule has 3 aromatic carbocycles. The zero-order chi connectivity index (χ0) is 28.8. The summed E-state index contributed by atoms with van der Waals surface area (Å²) >= 11 is 0. The highest BCUT2D eigenvalue weighted by molar-refractivity contribution is 7.92. The number of benzene rings is 3. The number of methoxy groups -OCH3 is 1. The first-order chi connectivity index (χ1) is 18.3. The largest absolute Gasteiger partial charge is 0.497 e. The number of carbonyl (C=O) groups is 2. The summed E-state index contributed by atoms with van der Waals surface area (Å²) in [6.07, 6.45) is 0. The molecule has 39 heavy (non-hydrogen) atoms. The predicted octanol–water partition coefficient (Wildman–Crippen LogP) is 4.36. The molecule has 0 saturated carbocycles. The van der Waals surface area contributed by atoms with Crippen LogP contribution in [0.5, 0.6) is 5.75 Å². The maximum atomic E-state index is 13.9. The van der Waals surface area contributed by atoms with E-state index in [-0.39, 0.29) is 23.0 Å². The Bertz CT molecular complexity index is 1370. The van der Waals surface area contributed by atoms with Crippen LogP contribution in [-0.2, 0) is 26.2 Å². The second-order valence-corrected chi connectivity index (χ2v) is 11.9. The highest BCUT2D eigenvalue weighted by atomic mass is 32.2. The predicted molar refractivity (Wildman–Crippen MR) is 148 cm³/mol. The van der Waals surface area contributed by atoms with Crippen molar-refractivity contribution < 1.29 is 27.1 Å². The molecule has 3 aromatic rings. The summed E-state index contributed by atoms with van der Waals surface area (Å²) in [5, 5.41) is 2.88. The number of nitrogens with zero attached hydrogens (tertiary/aromatic N) is 2.